The van der Waals surface area contributed by atoms with Gasteiger partial charge in [0.15, 0.2) is 5.76 Å². The van der Waals surface area contributed by atoms with Crippen LogP contribution in [0, 0.1) is 5.92 Å². The number of carboxylic acids is 1. The van der Waals surface area contributed by atoms with E-state index in [0.29, 0.717) is 12.2 Å². The number of aromatic carboxylic acids is 1. The third-order valence-corrected chi connectivity index (χ3v) is 4.26. The van der Waals surface area contributed by atoms with Gasteiger partial charge in [0.2, 0.25) is 5.91 Å². The molecule has 1 saturated carbocycles. The topological polar surface area (TPSA) is 109 Å². The van der Waals surface area contributed by atoms with Crippen LogP contribution in [0.3, 0.4) is 0 Å². The van der Waals surface area contributed by atoms with Crippen molar-refractivity contribution in [2.45, 2.75) is 45.1 Å². The van der Waals surface area contributed by atoms with Crippen LogP contribution in [-0.4, -0.2) is 36.0 Å². The molecule has 126 valence electrons. The molecule has 2 rings (SSSR count). The maximum atomic E-state index is 12.2. The molecule has 1 aliphatic rings. The van der Waals surface area contributed by atoms with Crippen LogP contribution in [0.25, 0.3) is 0 Å². The van der Waals surface area contributed by atoms with E-state index in [4.69, 9.17) is 9.52 Å². The van der Waals surface area contributed by atoms with Crippen molar-refractivity contribution in [1.82, 2.24) is 10.6 Å². The number of hydrogen-bond donors (Lipinski definition) is 3. The standard InChI is InChI=1S/C16H22N2O5/c1-3-12-11(16(21)22)8-13(23-12)15(20)18-10-6-4-9(5-7-10)14(19)17-2/h8-10H,3-7H2,1-2H3,(H,17,19)(H,18,20)(H,21,22). The predicted octanol–water partition coefficient (Wildman–Crippen LogP) is 1.57. The zero-order valence-electron chi connectivity index (χ0n) is 13.3. The number of carbonyl (C=O) groups is 3. The third-order valence-electron chi connectivity index (χ3n) is 4.26. The maximum absolute atomic E-state index is 12.2. The van der Waals surface area contributed by atoms with Crippen molar-refractivity contribution in [2.24, 2.45) is 5.92 Å². The van der Waals surface area contributed by atoms with Crippen LogP contribution in [0.1, 0.15) is 59.3 Å². The summed E-state index contributed by atoms with van der Waals surface area (Å²) in [6.07, 6.45) is 3.30. The van der Waals surface area contributed by atoms with Crippen molar-refractivity contribution in [2.75, 3.05) is 7.05 Å². The lowest BCUT2D eigenvalue weighted by Gasteiger charge is -2.27. The summed E-state index contributed by atoms with van der Waals surface area (Å²) in [7, 11) is 1.62. The second-order valence-electron chi connectivity index (χ2n) is 5.74. The predicted molar refractivity (Wildman–Crippen MR) is 82.3 cm³/mol. The highest BCUT2D eigenvalue weighted by Crippen LogP contribution is 2.25. The first-order valence-corrected chi connectivity index (χ1v) is 7.84. The molecule has 0 radical (unpaired) electrons. The highest BCUT2D eigenvalue weighted by Gasteiger charge is 2.28. The Bertz CT molecular complexity index is 600. The summed E-state index contributed by atoms with van der Waals surface area (Å²) in [5, 5.41) is 14.6. The minimum Gasteiger partial charge on any atom is -0.478 e. The van der Waals surface area contributed by atoms with E-state index in [1.54, 1.807) is 14.0 Å². The van der Waals surface area contributed by atoms with E-state index in [2.05, 4.69) is 10.6 Å². The third kappa shape index (κ3) is 3.91. The van der Waals surface area contributed by atoms with E-state index in [9.17, 15) is 14.4 Å². The number of hydrogen-bond acceptors (Lipinski definition) is 4. The Labute approximate surface area is 134 Å². The quantitative estimate of drug-likeness (QED) is 0.762. The van der Waals surface area contributed by atoms with Crippen molar-refractivity contribution in [3.8, 4) is 0 Å². The minimum absolute atomic E-state index is 0.00192. The summed E-state index contributed by atoms with van der Waals surface area (Å²) < 4.78 is 5.35. The van der Waals surface area contributed by atoms with Crippen molar-refractivity contribution in [1.29, 1.82) is 0 Å². The van der Waals surface area contributed by atoms with Crippen LogP contribution in [0.5, 0.6) is 0 Å². The molecule has 0 spiro atoms. The first kappa shape index (κ1) is 17.1. The summed E-state index contributed by atoms with van der Waals surface area (Å²) in [5.41, 5.74) is 0.0287. The summed E-state index contributed by atoms with van der Waals surface area (Å²) in [6.45, 7) is 1.77. The van der Waals surface area contributed by atoms with Gasteiger partial charge in [-0.15, -0.1) is 0 Å². The molecule has 1 aromatic heterocycles. The molecule has 2 amide bonds. The average molecular weight is 322 g/mol. The Morgan fingerprint density at radius 1 is 1.26 bits per heavy atom. The summed E-state index contributed by atoms with van der Waals surface area (Å²) >= 11 is 0. The molecule has 7 nitrogen and oxygen atoms in total. The molecule has 0 unspecified atom stereocenters. The molecule has 0 atom stereocenters. The smallest absolute Gasteiger partial charge is 0.339 e. The van der Waals surface area contributed by atoms with Crippen molar-refractivity contribution in [3.05, 3.63) is 23.2 Å². The molecule has 7 heteroatoms. The largest absolute Gasteiger partial charge is 0.478 e. The molecule has 3 N–H and O–H groups in total. The van der Waals surface area contributed by atoms with Crippen molar-refractivity contribution >= 4 is 17.8 Å². The highest BCUT2D eigenvalue weighted by molar-refractivity contribution is 5.96. The van der Waals surface area contributed by atoms with Gasteiger partial charge in [-0.1, -0.05) is 6.92 Å². The highest BCUT2D eigenvalue weighted by atomic mass is 16.4. The summed E-state index contributed by atoms with van der Waals surface area (Å²) in [4.78, 5) is 34.9. The Morgan fingerprint density at radius 3 is 2.39 bits per heavy atom. The Kier molecular flexibility index (Phi) is 5.41. The molecule has 1 aromatic rings. The zero-order valence-corrected chi connectivity index (χ0v) is 13.3. The number of rotatable bonds is 5. The number of amides is 2. The average Bonchev–Trinajstić information content (AvgIpc) is 2.99. The number of nitrogens with one attached hydrogen (secondary N) is 2. The van der Waals surface area contributed by atoms with Gasteiger partial charge >= 0.3 is 5.97 Å². The lowest BCUT2D eigenvalue weighted by molar-refractivity contribution is -0.125. The monoisotopic (exact) mass is 322 g/mol. The minimum atomic E-state index is -1.10. The molecule has 0 saturated heterocycles. The summed E-state index contributed by atoms with van der Waals surface area (Å²) in [5.74, 6) is -1.15. The maximum Gasteiger partial charge on any atom is 0.339 e. The van der Waals surface area contributed by atoms with Gasteiger partial charge in [0.05, 0.1) is 0 Å². The SMILES string of the molecule is CCc1oc(C(=O)NC2CCC(C(=O)NC)CC2)cc1C(=O)O. The van der Waals surface area contributed by atoms with Crippen LogP contribution in [0.15, 0.2) is 10.5 Å². The fraction of sp³-hybridized carbons (Fsp3) is 0.562. The normalized spacial score (nSPS) is 20.8. The zero-order chi connectivity index (χ0) is 17.0. The van der Waals surface area contributed by atoms with E-state index in [1.807, 2.05) is 0 Å². The van der Waals surface area contributed by atoms with E-state index < -0.39 is 11.9 Å². The molecular weight excluding hydrogens is 300 g/mol. The van der Waals surface area contributed by atoms with Crippen LogP contribution < -0.4 is 10.6 Å². The van der Waals surface area contributed by atoms with E-state index in [-0.39, 0.29) is 29.2 Å². The summed E-state index contributed by atoms with van der Waals surface area (Å²) in [6, 6.07) is 1.25. The second-order valence-corrected chi connectivity index (χ2v) is 5.74. The Hall–Kier alpha value is -2.31. The number of carboxylic acid groups (broad SMARTS) is 1. The molecule has 1 fully saturated rings. The number of furan rings is 1. The van der Waals surface area contributed by atoms with Gasteiger partial charge in [-0.25, -0.2) is 4.79 Å². The lowest BCUT2D eigenvalue weighted by Crippen LogP contribution is -2.40. The Morgan fingerprint density at radius 2 is 1.91 bits per heavy atom. The molecule has 0 bridgehead atoms. The first-order chi connectivity index (χ1) is 11.0. The van der Waals surface area contributed by atoms with E-state index >= 15 is 0 Å². The molecule has 1 aliphatic carbocycles. The fourth-order valence-electron chi connectivity index (χ4n) is 2.94. The van der Waals surface area contributed by atoms with Gasteiger partial charge in [0, 0.05) is 31.5 Å². The van der Waals surface area contributed by atoms with Crippen LogP contribution >= 0.6 is 0 Å². The fourth-order valence-corrected chi connectivity index (χ4v) is 2.94. The van der Waals surface area contributed by atoms with Crippen molar-refractivity contribution in [3.63, 3.8) is 0 Å². The number of aryl methyl sites for hydroxylation is 1. The number of carbonyl (C=O) groups excluding carboxylic acids is 2. The van der Waals surface area contributed by atoms with Gasteiger partial charge in [0.25, 0.3) is 5.91 Å². The van der Waals surface area contributed by atoms with Crippen LogP contribution in [-0.2, 0) is 11.2 Å². The van der Waals surface area contributed by atoms with Gasteiger partial charge in [-0.2, -0.15) is 0 Å². The van der Waals surface area contributed by atoms with Crippen LogP contribution in [0.4, 0.5) is 0 Å². The molecule has 0 aromatic carbocycles. The molecular formula is C16H22N2O5. The van der Waals surface area contributed by atoms with Gasteiger partial charge in [0.1, 0.15) is 11.3 Å². The molecule has 23 heavy (non-hydrogen) atoms. The second kappa shape index (κ2) is 7.30. The molecule has 1 heterocycles. The first-order valence-electron chi connectivity index (χ1n) is 7.84. The molecule has 0 aliphatic heterocycles. The van der Waals surface area contributed by atoms with Gasteiger partial charge < -0.3 is 20.2 Å². The van der Waals surface area contributed by atoms with Crippen molar-refractivity contribution < 1.29 is 23.9 Å². The van der Waals surface area contributed by atoms with Crippen LogP contribution in [0.2, 0.25) is 0 Å². The lowest BCUT2D eigenvalue weighted by atomic mass is 9.85. The van der Waals surface area contributed by atoms with E-state index in [0.717, 1.165) is 25.7 Å². The van der Waals surface area contributed by atoms with E-state index in [1.165, 1.54) is 6.07 Å². The van der Waals surface area contributed by atoms with Gasteiger partial charge in [-0.3, -0.25) is 9.59 Å². The van der Waals surface area contributed by atoms with Gasteiger partial charge in [-0.05, 0) is 25.7 Å². The Balaban J connectivity index is 1.95.